The third-order valence-electron chi connectivity index (χ3n) is 6.58. The SMILES string of the molecule is CCN1CCN(c2ccnc(Nc3ncc(F)c(-c4sc5c(nc(C)n5C(C)C)c4C)n3)c2)CC1. The van der Waals surface area contributed by atoms with E-state index in [1.807, 2.05) is 26.0 Å². The fourth-order valence-electron chi connectivity index (χ4n) is 4.69. The number of aromatic nitrogens is 5. The largest absolute Gasteiger partial charge is 0.369 e. The van der Waals surface area contributed by atoms with E-state index in [0.717, 1.165) is 65.0 Å². The second kappa shape index (κ2) is 9.50. The number of aryl methyl sites for hydroxylation is 2. The van der Waals surface area contributed by atoms with E-state index in [1.165, 1.54) is 17.5 Å². The summed E-state index contributed by atoms with van der Waals surface area (Å²) in [6, 6.07) is 4.28. The van der Waals surface area contributed by atoms with Crippen LogP contribution in [0.2, 0.25) is 0 Å². The van der Waals surface area contributed by atoms with Crippen LogP contribution in [0.15, 0.2) is 24.5 Å². The predicted molar refractivity (Wildman–Crippen MR) is 140 cm³/mol. The molecular formula is C25H31FN8S. The second-order valence-corrected chi connectivity index (χ2v) is 10.2. The molecule has 0 aromatic carbocycles. The van der Waals surface area contributed by atoms with Crippen molar-refractivity contribution < 1.29 is 4.39 Å². The van der Waals surface area contributed by atoms with Gasteiger partial charge in [0.05, 0.1) is 11.1 Å². The van der Waals surface area contributed by atoms with Crippen LogP contribution in [0, 0.1) is 19.7 Å². The van der Waals surface area contributed by atoms with Crippen molar-refractivity contribution in [2.75, 3.05) is 42.9 Å². The van der Waals surface area contributed by atoms with Crippen LogP contribution >= 0.6 is 11.3 Å². The van der Waals surface area contributed by atoms with Crippen molar-refractivity contribution in [3.8, 4) is 10.6 Å². The lowest BCUT2D eigenvalue weighted by Gasteiger charge is -2.35. The Morgan fingerprint density at radius 2 is 1.89 bits per heavy atom. The summed E-state index contributed by atoms with van der Waals surface area (Å²) in [6.07, 6.45) is 3.00. The highest BCUT2D eigenvalue weighted by Crippen LogP contribution is 2.39. The van der Waals surface area contributed by atoms with E-state index in [9.17, 15) is 4.39 Å². The molecule has 0 unspecified atom stereocenters. The van der Waals surface area contributed by atoms with Gasteiger partial charge in [0, 0.05) is 50.2 Å². The minimum atomic E-state index is -0.453. The molecule has 4 aromatic heterocycles. The Morgan fingerprint density at radius 1 is 1.11 bits per heavy atom. The van der Waals surface area contributed by atoms with Crippen LogP contribution in [0.3, 0.4) is 0 Å². The number of fused-ring (bicyclic) bond motifs is 1. The maximum Gasteiger partial charge on any atom is 0.229 e. The average Bonchev–Trinajstić information content (AvgIpc) is 3.34. The molecule has 0 spiro atoms. The molecule has 1 aliphatic rings. The molecule has 0 bridgehead atoms. The van der Waals surface area contributed by atoms with Gasteiger partial charge in [-0.1, -0.05) is 6.92 Å². The molecule has 0 amide bonds. The highest BCUT2D eigenvalue weighted by atomic mass is 32.1. The van der Waals surface area contributed by atoms with Crippen molar-refractivity contribution in [3.05, 3.63) is 41.7 Å². The fraction of sp³-hybridized carbons (Fsp3) is 0.440. The van der Waals surface area contributed by atoms with Crippen molar-refractivity contribution in [2.24, 2.45) is 0 Å². The molecule has 10 heteroatoms. The normalized spacial score (nSPS) is 14.9. The Kier molecular flexibility index (Phi) is 6.41. The van der Waals surface area contributed by atoms with Crippen molar-refractivity contribution in [2.45, 2.75) is 40.7 Å². The molecule has 5 rings (SSSR count). The molecule has 184 valence electrons. The van der Waals surface area contributed by atoms with Crippen molar-refractivity contribution in [1.82, 2.24) is 29.4 Å². The number of pyridine rings is 1. The molecule has 0 aliphatic carbocycles. The first-order chi connectivity index (χ1) is 16.9. The predicted octanol–water partition coefficient (Wildman–Crippen LogP) is 5.17. The maximum absolute atomic E-state index is 14.9. The summed E-state index contributed by atoms with van der Waals surface area (Å²) >= 11 is 1.52. The Balaban J connectivity index is 1.43. The quantitative estimate of drug-likeness (QED) is 0.396. The van der Waals surface area contributed by atoms with Gasteiger partial charge in [-0.3, -0.25) is 0 Å². The van der Waals surface area contributed by atoms with Gasteiger partial charge in [-0.2, -0.15) is 0 Å². The van der Waals surface area contributed by atoms with Gasteiger partial charge in [0.15, 0.2) is 5.82 Å². The summed E-state index contributed by atoms with van der Waals surface area (Å²) in [4.78, 5) is 24.5. The molecule has 35 heavy (non-hydrogen) atoms. The Bertz CT molecular complexity index is 1350. The Hall–Kier alpha value is -3.11. The van der Waals surface area contributed by atoms with Crippen LogP contribution in [0.4, 0.5) is 21.8 Å². The summed E-state index contributed by atoms with van der Waals surface area (Å²) in [5.41, 5.74) is 3.22. The summed E-state index contributed by atoms with van der Waals surface area (Å²) < 4.78 is 17.1. The van der Waals surface area contributed by atoms with Gasteiger partial charge < -0.3 is 19.7 Å². The third kappa shape index (κ3) is 4.48. The lowest BCUT2D eigenvalue weighted by Crippen LogP contribution is -2.46. The number of imidazole rings is 1. The highest BCUT2D eigenvalue weighted by Gasteiger charge is 2.22. The van der Waals surface area contributed by atoms with Gasteiger partial charge in [0.2, 0.25) is 5.95 Å². The smallest absolute Gasteiger partial charge is 0.229 e. The van der Waals surface area contributed by atoms with Crippen molar-refractivity contribution >= 4 is 39.1 Å². The van der Waals surface area contributed by atoms with Gasteiger partial charge >= 0.3 is 0 Å². The second-order valence-electron chi connectivity index (χ2n) is 9.17. The van der Waals surface area contributed by atoms with Crippen molar-refractivity contribution in [3.63, 3.8) is 0 Å². The molecule has 1 N–H and O–H groups in total. The number of anilines is 3. The van der Waals surface area contributed by atoms with E-state index in [1.54, 1.807) is 6.20 Å². The number of piperazine rings is 1. The summed E-state index contributed by atoms with van der Waals surface area (Å²) in [7, 11) is 0. The zero-order chi connectivity index (χ0) is 24.7. The topological polar surface area (TPSA) is 75.0 Å². The molecule has 0 saturated carbocycles. The lowest BCUT2D eigenvalue weighted by molar-refractivity contribution is 0.271. The zero-order valence-electron chi connectivity index (χ0n) is 20.8. The Labute approximate surface area is 208 Å². The van der Waals surface area contributed by atoms with Crippen LogP contribution in [-0.2, 0) is 0 Å². The summed E-state index contributed by atoms with van der Waals surface area (Å²) in [5.74, 6) is 1.46. The number of nitrogens with zero attached hydrogens (tertiary/aromatic N) is 7. The van der Waals surface area contributed by atoms with Crippen LogP contribution < -0.4 is 10.2 Å². The average molecular weight is 495 g/mol. The summed E-state index contributed by atoms with van der Waals surface area (Å²) in [5, 5.41) is 3.17. The molecule has 5 heterocycles. The van der Waals surface area contributed by atoms with Crippen LogP contribution in [0.25, 0.3) is 20.9 Å². The minimum absolute atomic E-state index is 0.265. The van der Waals surface area contributed by atoms with E-state index >= 15 is 0 Å². The highest BCUT2D eigenvalue weighted by molar-refractivity contribution is 7.22. The van der Waals surface area contributed by atoms with Gasteiger partial charge in [-0.15, -0.1) is 11.3 Å². The molecule has 0 radical (unpaired) electrons. The standard InChI is InChI=1S/C25H31FN8S/c1-6-32-9-11-33(12-10-32)18-7-8-27-20(13-18)30-25-28-14-19(26)22(31-25)23-16(4)21-24(35-23)34(15(2)3)17(5)29-21/h7-8,13-15H,6,9-12H2,1-5H3,(H,27,28,30,31). The fourth-order valence-corrected chi connectivity index (χ4v) is 6.11. The summed E-state index contributed by atoms with van der Waals surface area (Å²) in [6.45, 7) is 15.6. The van der Waals surface area contributed by atoms with Crippen LogP contribution in [0.1, 0.15) is 38.2 Å². The monoisotopic (exact) mass is 494 g/mol. The number of hydrogen-bond donors (Lipinski definition) is 1. The number of thiophene rings is 1. The number of halogens is 1. The molecule has 0 atom stereocenters. The number of rotatable bonds is 6. The third-order valence-corrected chi connectivity index (χ3v) is 7.87. The number of nitrogens with one attached hydrogen (secondary N) is 1. The first-order valence-corrected chi connectivity index (χ1v) is 12.9. The van der Waals surface area contributed by atoms with Gasteiger partial charge in [-0.05, 0) is 45.9 Å². The lowest BCUT2D eigenvalue weighted by atomic mass is 10.2. The molecule has 1 saturated heterocycles. The number of likely N-dealkylation sites (N-methyl/N-ethyl adjacent to an activating group) is 1. The molecule has 8 nitrogen and oxygen atoms in total. The molecule has 4 aromatic rings. The van der Waals surface area contributed by atoms with Crippen molar-refractivity contribution in [1.29, 1.82) is 0 Å². The molecular weight excluding hydrogens is 463 g/mol. The Morgan fingerprint density at radius 3 is 2.60 bits per heavy atom. The minimum Gasteiger partial charge on any atom is -0.369 e. The maximum atomic E-state index is 14.9. The van der Waals surface area contributed by atoms with Gasteiger partial charge in [-0.25, -0.2) is 24.3 Å². The zero-order valence-corrected chi connectivity index (χ0v) is 21.7. The van der Waals surface area contributed by atoms with E-state index < -0.39 is 5.82 Å². The van der Waals surface area contributed by atoms with E-state index in [4.69, 9.17) is 4.98 Å². The number of hydrogen-bond acceptors (Lipinski definition) is 8. The van der Waals surface area contributed by atoms with Gasteiger partial charge in [0.1, 0.15) is 27.7 Å². The molecule has 1 aliphatic heterocycles. The molecule has 1 fully saturated rings. The first-order valence-electron chi connectivity index (χ1n) is 12.1. The van der Waals surface area contributed by atoms with Crippen LogP contribution in [0.5, 0.6) is 0 Å². The van der Waals surface area contributed by atoms with E-state index in [0.29, 0.717) is 11.8 Å². The van der Waals surface area contributed by atoms with Gasteiger partial charge in [0.25, 0.3) is 0 Å². The van der Waals surface area contributed by atoms with Crippen LogP contribution in [-0.4, -0.2) is 62.1 Å². The van der Waals surface area contributed by atoms with E-state index in [-0.39, 0.29) is 11.7 Å². The van der Waals surface area contributed by atoms with E-state index in [2.05, 4.69) is 55.4 Å². The first kappa shape index (κ1) is 23.6.